The summed E-state index contributed by atoms with van der Waals surface area (Å²) in [7, 11) is -1.88. The SMILES string of the molecule is CCOC1CCS(=O)(=O)c2c1ccc(C(=O)C1C(C)=NN(C)C1O)c2C. The van der Waals surface area contributed by atoms with Gasteiger partial charge in [0, 0.05) is 19.2 Å². The van der Waals surface area contributed by atoms with Crippen molar-refractivity contribution in [1.29, 1.82) is 0 Å². The summed E-state index contributed by atoms with van der Waals surface area (Å²) in [5.41, 5.74) is 1.85. The first kappa shape index (κ1) is 19.0. The molecule has 1 aromatic rings. The largest absolute Gasteiger partial charge is 0.374 e. The molecular formula is C18H24N2O5S. The highest BCUT2D eigenvalue weighted by Crippen LogP contribution is 2.38. The van der Waals surface area contributed by atoms with Crippen molar-refractivity contribution in [2.24, 2.45) is 11.0 Å². The fourth-order valence-corrected chi connectivity index (χ4v) is 5.70. The predicted octanol–water partition coefficient (Wildman–Crippen LogP) is 1.69. The van der Waals surface area contributed by atoms with Gasteiger partial charge in [0.1, 0.15) is 5.92 Å². The Balaban J connectivity index is 2.09. The molecule has 3 rings (SSSR count). The monoisotopic (exact) mass is 380 g/mol. The predicted molar refractivity (Wildman–Crippen MR) is 96.9 cm³/mol. The summed E-state index contributed by atoms with van der Waals surface area (Å²) in [6.07, 6.45) is -0.924. The van der Waals surface area contributed by atoms with Crippen molar-refractivity contribution in [3.05, 3.63) is 28.8 Å². The number of ether oxygens (including phenoxy) is 1. The van der Waals surface area contributed by atoms with Crippen molar-refractivity contribution in [2.75, 3.05) is 19.4 Å². The van der Waals surface area contributed by atoms with Crippen LogP contribution in [-0.2, 0) is 14.6 Å². The van der Waals surface area contributed by atoms with Gasteiger partial charge < -0.3 is 9.84 Å². The molecule has 3 atom stereocenters. The van der Waals surface area contributed by atoms with Crippen LogP contribution in [0.15, 0.2) is 22.1 Å². The molecule has 0 aromatic heterocycles. The zero-order chi connectivity index (χ0) is 19.2. The number of fused-ring (bicyclic) bond motifs is 1. The van der Waals surface area contributed by atoms with Crippen LogP contribution < -0.4 is 0 Å². The van der Waals surface area contributed by atoms with E-state index in [9.17, 15) is 18.3 Å². The number of aliphatic hydroxyl groups is 1. The molecule has 0 fully saturated rings. The third-order valence-electron chi connectivity index (χ3n) is 5.11. The molecule has 0 aliphatic carbocycles. The minimum Gasteiger partial charge on any atom is -0.374 e. The molecule has 0 saturated carbocycles. The molecule has 1 aromatic carbocycles. The number of hydrogen-bond acceptors (Lipinski definition) is 7. The van der Waals surface area contributed by atoms with Crippen molar-refractivity contribution < 1.29 is 23.1 Å². The Bertz CT molecular complexity index is 878. The molecule has 8 heteroatoms. The van der Waals surface area contributed by atoms with E-state index in [1.807, 2.05) is 6.92 Å². The Labute approximate surface area is 153 Å². The molecule has 7 nitrogen and oxygen atoms in total. The molecule has 2 heterocycles. The normalized spacial score (nSPS) is 27.2. The highest BCUT2D eigenvalue weighted by Gasteiger charge is 2.40. The van der Waals surface area contributed by atoms with E-state index in [0.717, 1.165) is 0 Å². The van der Waals surface area contributed by atoms with Gasteiger partial charge in [-0.25, -0.2) is 8.42 Å². The van der Waals surface area contributed by atoms with Gasteiger partial charge in [0.05, 0.1) is 22.5 Å². The van der Waals surface area contributed by atoms with Crippen LogP contribution >= 0.6 is 0 Å². The Hall–Kier alpha value is -1.77. The highest BCUT2D eigenvalue weighted by molar-refractivity contribution is 7.91. The summed E-state index contributed by atoms with van der Waals surface area (Å²) in [6, 6.07) is 3.31. The van der Waals surface area contributed by atoms with Crippen LogP contribution in [0, 0.1) is 12.8 Å². The second-order valence-corrected chi connectivity index (χ2v) is 8.82. The topological polar surface area (TPSA) is 96.3 Å². The number of nitrogens with zero attached hydrogens (tertiary/aromatic N) is 2. The molecule has 0 spiro atoms. The number of hydrogen-bond donors (Lipinski definition) is 1. The summed E-state index contributed by atoms with van der Waals surface area (Å²) in [6.45, 7) is 5.69. The van der Waals surface area contributed by atoms with E-state index in [2.05, 4.69) is 5.10 Å². The summed E-state index contributed by atoms with van der Waals surface area (Å²) in [5.74, 6) is -1.12. The van der Waals surface area contributed by atoms with E-state index in [-0.39, 0.29) is 22.5 Å². The van der Waals surface area contributed by atoms with E-state index >= 15 is 0 Å². The molecule has 2 aliphatic rings. The maximum absolute atomic E-state index is 13.0. The number of carbonyl (C=O) groups excluding carboxylic acids is 1. The smallest absolute Gasteiger partial charge is 0.179 e. The summed E-state index contributed by atoms with van der Waals surface area (Å²) < 4.78 is 31.0. The maximum Gasteiger partial charge on any atom is 0.179 e. The van der Waals surface area contributed by atoms with Crippen LogP contribution in [0.1, 0.15) is 47.9 Å². The third-order valence-corrected chi connectivity index (χ3v) is 7.04. The van der Waals surface area contributed by atoms with E-state index in [1.54, 1.807) is 33.0 Å². The highest BCUT2D eigenvalue weighted by atomic mass is 32.2. The maximum atomic E-state index is 13.0. The summed E-state index contributed by atoms with van der Waals surface area (Å²) in [5, 5.41) is 15.7. The number of aliphatic hydroxyl groups excluding tert-OH is 1. The molecule has 0 saturated heterocycles. The minimum absolute atomic E-state index is 0.00156. The van der Waals surface area contributed by atoms with Gasteiger partial charge in [0.2, 0.25) is 0 Å². The molecule has 26 heavy (non-hydrogen) atoms. The van der Waals surface area contributed by atoms with Crippen LogP contribution in [-0.4, -0.2) is 55.7 Å². The van der Waals surface area contributed by atoms with E-state index in [4.69, 9.17) is 4.74 Å². The number of benzene rings is 1. The Morgan fingerprint density at radius 2 is 2.08 bits per heavy atom. The lowest BCUT2D eigenvalue weighted by atomic mass is 9.89. The lowest BCUT2D eigenvalue weighted by Crippen LogP contribution is -2.36. The average Bonchev–Trinajstić information content (AvgIpc) is 2.82. The van der Waals surface area contributed by atoms with Gasteiger partial charge in [0.25, 0.3) is 0 Å². The minimum atomic E-state index is -3.48. The van der Waals surface area contributed by atoms with E-state index in [1.165, 1.54) is 5.01 Å². The average molecular weight is 380 g/mol. The van der Waals surface area contributed by atoms with Gasteiger partial charge in [-0.2, -0.15) is 5.10 Å². The number of rotatable bonds is 4. The van der Waals surface area contributed by atoms with Crippen molar-refractivity contribution in [3.8, 4) is 0 Å². The molecule has 0 radical (unpaired) electrons. The van der Waals surface area contributed by atoms with E-state index < -0.39 is 22.0 Å². The zero-order valence-electron chi connectivity index (χ0n) is 15.4. The molecule has 0 amide bonds. The van der Waals surface area contributed by atoms with Crippen LogP contribution in [0.5, 0.6) is 0 Å². The second-order valence-electron chi connectivity index (χ2n) is 6.78. The molecule has 1 N–H and O–H groups in total. The number of carbonyl (C=O) groups is 1. The molecule has 2 aliphatic heterocycles. The third kappa shape index (κ3) is 2.95. The zero-order valence-corrected chi connectivity index (χ0v) is 16.2. The fraction of sp³-hybridized carbons (Fsp3) is 0.556. The Kier molecular flexibility index (Phi) is 4.94. The van der Waals surface area contributed by atoms with Crippen LogP contribution in [0.3, 0.4) is 0 Å². The molecule has 142 valence electrons. The fourth-order valence-electron chi connectivity index (χ4n) is 3.83. The quantitative estimate of drug-likeness (QED) is 0.799. The van der Waals surface area contributed by atoms with Crippen molar-refractivity contribution in [1.82, 2.24) is 5.01 Å². The first-order valence-electron chi connectivity index (χ1n) is 8.67. The first-order chi connectivity index (χ1) is 12.2. The van der Waals surface area contributed by atoms with Crippen LogP contribution in [0.25, 0.3) is 0 Å². The molecule has 3 unspecified atom stereocenters. The van der Waals surface area contributed by atoms with Gasteiger partial charge in [-0.1, -0.05) is 12.1 Å². The van der Waals surface area contributed by atoms with Crippen molar-refractivity contribution in [3.63, 3.8) is 0 Å². The number of hydrazone groups is 1. The lowest BCUT2D eigenvalue weighted by molar-refractivity contribution is 0.0164. The van der Waals surface area contributed by atoms with Gasteiger partial charge in [0.15, 0.2) is 21.8 Å². The number of ketones is 1. The van der Waals surface area contributed by atoms with Crippen molar-refractivity contribution in [2.45, 2.75) is 44.4 Å². The number of Topliss-reactive ketones (excluding diaryl/α,β-unsaturated/α-hetero) is 1. The molecular weight excluding hydrogens is 356 g/mol. The Morgan fingerprint density at radius 3 is 2.65 bits per heavy atom. The van der Waals surface area contributed by atoms with Crippen LogP contribution in [0.4, 0.5) is 0 Å². The standard InChI is InChI=1S/C18H24N2O5S/c1-5-25-14-8-9-26(23,24)17-10(2)12(6-7-13(14)17)16(21)15-11(3)19-20(4)18(15)22/h6-7,14-15,18,22H,5,8-9H2,1-4H3. The van der Waals surface area contributed by atoms with Crippen LogP contribution in [0.2, 0.25) is 0 Å². The van der Waals surface area contributed by atoms with E-state index in [0.29, 0.717) is 35.4 Å². The summed E-state index contributed by atoms with van der Waals surface area (Å²) in [4.78, 5) is 13.2. The summed E-state index contributed by atoms with van der Waals surface area (Å²) >= 11 is 0. The van der Waals surface area contributed by atoms with Gasteiger partial charge in [-0.15, -0.1) is 0 Å². The van der Waals surface area contributed by atoms with Gasteiger partial charge >= 0.3 is 0 Å². The number of sulfone groups is 1. The van der Waals surface area contributed by atoms with Crippen molar-refractivity contribution >= 4 is 21.3 Å². The lowest BCUT2D eigenvalue weighted by Gasteiger charge is -2.28. The molecule has 0 bridgehead atoms. The van der Waals surface area contributed by atoms with Gasteiger partial charge in [-0.05, 0) is 38.3 Å². The second kappa shape index (κ2) is 6.75. The Morgan fingerprint density at radius 1 is 1.38 bits per heavy atom. The first-order valence-corrected chi connectivity index (χ1v) is 10.3. The van der Waals surface area contributed by atoms with Gasteiger partial charge in [-0.3, -0.25) is 9.80 Å².